The molecule has 1 aromatic heterocycles. The molecule has 1 aliphatic rings. The molecule has 0 radical (unpaired) electrons. The van der Waals surface area contributed by atoms with E-state index in [1.54, 1.807) is 0 Å². The first-order valence-corrected chi connectivity index (χ1v) is 15.4. The molecule has 0 N–H and O–H groups in total. The van der Waals surface area contributed by atoms with Crippen LogP contribution in [0.1, 0.15) is 60.5 Å². The third-order valence-electron chi connectivity index (χ3n) is 7.59. The zero-order valence-corrected chi connectivity index (χ0v) is 26.8. The summed E-state index contributed by atoms with van der Waals surface area (Å²) in [6.45, 7) is 2.35. The van der Waals surface area contributed by atoms with Gasteiger partial charge in [0.05, 0.1) is 42.9 Å². The highest BCUT2D eigenvalue weighted by Gasteiger charge is 2.37. The SMILES string of the molecule is COCC(COC)N(C(=O)C1CCC(C)CC1)c1ccc(Oc2ncc(CCC(=O)CBr)cc2C(F)(F)F)cc1C(=O)OC. The minimum atomic E-state index is -4.81. The molecule has 13 heteroatoms. The molecule has 9 nitrogen and oxygen atoms in total. The van der Waals surface area contributed by atoms with E-state index in [0.29, 0.717) is 18.8 Å². The van der Waals surface area contributed by atoms with Crippen LogP contribution < -0.4 is 9.64 Å². The average Bonchev–Trinajstić information content (AvgIpc) is 3.00. The molecule has 44 heavy (non-hydrogen) atoms. The van der Waals surface area contributed by atoms with Crippen LogP contribution in [0, 0.1) is 11.8 Å². The van der Waals surface area contributed by atoms with Crippen molar-refractivity contribution in [3.8, 4) is 11.6 Å². The molecule has 1 fully saturated rings. The number of benzene rings is 1. The Morgan fingerprint density at radius 3 is 2.27 bits per heavy atom. The Morgan fingerprint density at radius 2 is 1.70 bits per heavy atom. The summed E-state index contributed by atoms with van der Waals surface area (Å²) in [7, 11) is 4.14. The molecular weight excluding hydrogens is 649 g/mol. The van der Waals surface area contributed by atoms with E-state index in [1.165, 1.54) is 50.6 Å². The van der Waals surface area contributed by atoms with Crippen molar-refractivity contribution in [2.75, 3.05) is 44.8 Å². The van der Waals surface area contributed by atoms with Crippen molar-refractivity contribution in [1.82, 2.24) is 4.98 Å². The summed E-state index contributed by atoms with van der Waals surface area (Å²) < 4.78 is 63.4. The Hall–Kier alpha value is -3.03. The van der Waals surface area contributed by atoms with E-state index in [0.717, 1.165) is 18.9 Å². The molecule has 3 rings (SSSR count). The van der Waals surface area contributed by atoms with Crippen LogP contribution in [0.3, 0.4) is 0 Å². The number of hydrogen-bond donors (Lipinski definition) is 0. The third kappa shape index (κ3) is 9.24. The molecule has 0 atom stereocenters. The van der Waals surface area contributed by atoms with E-state index in [4.69, 9.17) is 18.9 Å². The van der Waals surface area contributed by atoms with Gasteiger partial charge in [0, 0.05) is 32.8 Å². The van der Waals surface area contributed by atoms with Gasteiger partial charge in [-0.05, 0) is 67.9 Å². The number of alkyl halides is 4. The predicted octanol–water partition coefficient (Wildman–Crippen LogP) is 6.40. The Labute approximate surface area is 263 Å². The van der Waals surface area contributed by atoms with Crippen LogP contribution in [0.15, 0.2) is 30.5 Å². The fourth-order valence-corrected chi connectivity index (χ4v) is 5.50. The summed E-state index contributed by atoms with van der Waals surface area (Å²) >= 11 is 3.04. The Kier molecular flexibility index (Phi) is 13.2. The van der Waals surface area contributed by atoms with Gasteiger partial charge in [-0.25, -0.2) is 9.78 Å². The maximum atomic E-state index is 14.0. The van der Waals surface area contributed by atoms with Crippen LogP contribution in [0.4, 0.5) is 18.9 Å². The standard InChI is InChI=1S/C31H38BrF3N2O7/c1-19-5-8-21(9-6-19)29(39)37(22(17-41-2)18-42-3)27-12-11-24(14-25(27)30(40)43-4)44-28-26(31(33,34)35)13-20(16-36-28)7-10-23(38)15-32/h11-14,16,19,21-22H,5-10,15,17-18H2,1-4H3. The molecular formula is C31H38BrF3N2O7. The van der Waals surface area contributed by atoms with Gasteiger partial charge < -0.3 is 23.8 Å². The number of ether oxygens (including phenoxy) is 4. The molecule has 2 aromatic rings. The van der Waals surface area contributed by atoms with E-state index in [1.807, 2.05) is 0 Å². The highest BCUT2D eigenvalue weighted by molar-refractivity contribution is 9.09. The zero-order valence-electron chi connectivity index (χ0n) is 25.2. The fourth-order valence-electron chi connectivity index (χ4n) is 5.22. The number of nitrogens with zero attached hydrogens (tertiary/aromatic N) is 2. The maximum Gasteiger partial charge on any atom is 0.421 e. The van der Waals surface area contributed by atoms with Crippen LogP contribution in [-0.2, 0) is 36.4 Å². The molecule has 0 bridgehead atoms. The molecule has 1 saturated carbocycles. The van der Waals surface area contributed by atoms with Gasteiger partial charge in [-0.15, -0.1) is 0 Å². The summed E-state index contributed by atoms with van der Waals surface area (Å²) in [6, 6.07) is 4.33. The number of hydrogen-bond acceptors (Lipinski definition) is 8. The van der Waals surface area contributed by atoms with Gasteiger partial charge in [-0.2, -0.15) is 13.2 Å². The second kappa shape index (κ2) is 16.3. The zero-order chi connectivity index (χ0) is 32.4. The minimum absolute atomic E-state index is 0.0522. The number of methoxy groups -OCH3 is 3. The van der Waals surface area contributed by atoms with Crippen molar-refractivity contribution in [3.05, 3.63) is 47.2 Å². The molecule has 242 valence electrons. The predicted molar refractivity (Wildman–Crippen MR) is 160 cm³/mol. The maximum absolute atomic E-state index is 14.0. The molecule has 0 spiro atoms. The summed E-state index contributed by atoms with van der Waals surface area (Å²) in [6.07, 6.45) is -0.314. The van der Waals surface area contributed by atoms with Gasteiger partial charge in [-0.3, -0.25) is 9.59 Å². The minimum Gasteiger partial charge on any atom is -0.465 e. The van der Waals surface area contributed by atoms with E-state index in [9.17, 15) is 27.6 Å². The Morgan fingerprint density at radius 1 is 1.05 bits per heavy atom. The van der Waals surface area contributed by atoms with Crippen LogP contribution in [0.5, 0.6) is 11.6 Å². The van der Waals surface area contributed by atoms with Crippen molar-refractivity contribution in [3.63, 3.8) is 0 Å². The molecule has 1 amide bonds. The normalized spacial score (nSPS) is 16.9. The van der Waals surface area contributed by atoms with Crippen LogP contribution in [0.25, 0.3) is 0 Å². The summed E-state index contributed by atoms with van der Waals surface area (Å²) in [5.41, 5.74) is -0.798. The van der Waals surface area contributed by atoms with Crippen LogP contribution in [-0.4, -0.2) is 68.6 Å². The topological polar surface area (TPSA) is 104 Å². The number of amides is 1. The fraction of sp³-hybridized carbons (Fsp3) is 0.548. The van der Waals surface area contributed by atoms with Crippen molar-refractivity contribution >= 4 is 39.3 Å². The molecule has 0 aliphatic heterocycles. The number of aryl methyl sites for hydroxylation is 1. The van der Waals surface area contributed by atoms with Gasteiger partial charge in [0.25, 0.3) is 0 Å². The van der Waals surface area contributed by atoms with E-state index in [2.05, 4.69) is 27.8 Å². The van der Waals surface area contributed by atoms with E-state index >= 15 is 0 Å². The Bertz CT molecular complexity index is 1290. The number of Topliss-reactive ketones (excluding diaryl/α,β-unsaturated/α-hetero) is 1. The van der Waals surface area contributed by atoms with E-state index < -0.39 is 29.6 Å². The summed E-state index contributed by atoms with van der Waals surface area (Å²) in [4.78, 5) is 44.1. The van der Waals surface area contributed by atoms with Crippen LogP contribution in [0.2, 0.25) is 0 Å². The average molecular weight is 688 g/mol. The van der Waals surface area contributed by atoms with E-state index in [-0.39, 0.29) is 71.6 Å². The highest BCUT2D eigenvalue weighted by atomic mass is 79.9. The second-order valence-corrected chi connectivity index (χ2v) is 11.4. The van der Waals surface area contributed by atoms with Crippen LogP contribution >= 0.6 is 15.9 Å². The number of anilines is 1. The van der Waals surface area contributed by atoms with Crippen molar-refractivity contribution < 1.29 is 46.5 Å². The lowest BCUT2D eigenvalue weighted by molar-refractivity contribution is -0.139. The number of rotatable bonds is 14. The lowest BCUT2D eigenvalue weighted by Gasteiger charge is -2.36. The van der Waals surface area contributed by atoms with Gasteiger partial charge in [0.1, 0.15) is 17.1 Å². The van der Waals surface area contributed by atoms with Gasteiger partial charge in [0.2, 0.25) is 11.8 Å². The number of carbonyl (C=O) groups excluding carboxylic acids is 3. The number of esters is 1. The largest absolute Gasteiger partial charge is 0.465 e. The summed E-state index contributed by atoms with van der Waals surface area (Å²) in [5.74, 6) is -1.80. The number of ketones is 1. The van der Waals surface area contributed by atoms with Crippen molar-refractivity contribution in [2.24, 2.45) is 11.8 Å². The van der Waals surface area contributed by atoms with Gasteiger partial charge in [0.15, 0.2) is 0 Å². The lowest BCUT2D eigenvalue weighted by Crippen LogP contribution is -2.49. The van der Waals surface area contributed by atoms with Crippen molar-refractivity contribution in [1.29, 1.82) is 0 Å². The molecule has 1 heterocycles. The monoisotopic (exact) mass is 686 g/mol. The van der Waals surface area contributed by atoms with Gasteiger partial charge >= 0.3 is 12.1 Å². The van der Waals surface area contributed by atoms with Gasteiger partial charge in [-0.1, -0.05) is 22.9 Å². The molecule has 1 aromatic carbocycles. The number of halogens is 4. The number of aromatic nitrogens is 1. The molecule has 0 saturated heterocycles. The second-order valence-electron chi connectivity index (χ2n) is 10.9. The number of pyridine rings is 1. The first-order valence-electron chi connectivity index (χ1n) is 14.3. The molecule has 1 aliphatic carbocycles. The first kappa shape index (κ1) is 35.4. The third-order valence-corrected chi connectivity index (χ3v) is 8.21. The smallest absolute Gasteiger partial charge is 0.421 e. The quantitative estimate of drug-likeness (QED) is 0.166. The van der Waals surface area contributed by atoms with Crippen molar-refractivity contribution in [2.45, 2.75) is 57.7 Å². The summed E-state index contributed by atoms with van der Waals surface area (Å²) in [5, 5.41) is 0.104. The highest BCUT2D eigenvalue weighted by Crippen LogP contribution is 2.39. The lowest BCUT2D eigenvalue weighted by atomic mass is 9.82. The Balaban J connectivity index is 2.05. The first-order chi connectivity index (χ1) is 20.9. The molecule has 0 unspecified atom stereocenters. The number of carbonyl (C=O) groups is 3.